The van der Waals surface area contributed by atoms with Crippen molar-refractivity contribution in [3.05, 3.63) is 47.8 Å². The molecule has 0 atom stereocenters. The molecule has 0 N–H and O–H groups in total. The SMILES string of the molecule is COCCOC(=O)c1cnc2c(ccc3cc(C(=O)OCCOC)cnc32)c1. The van der Waals surface area contributed by atoms with E-state index in [-0.39, 0.29) is 13.2 Å². The van der Waals surface area contributed by atoms with Gasteiger partial charge in [0, 0.05) is 37.4 Å². The quantitative estimate of drug-likeness (QED) is 0.332. The highest BCUT2D eigenvalue weighted by atomic mass is 16.6. The summed E-state index contributed by atoms with van der Waals surface area (Å²) < 4.78 is 19.9. The van der Waals surface area contributed by atoms with Crippen LogP contribution < -0.4 is 0 Å². The lowest BCUT2D eigenvalue weighted by Crippen LogP contribution is -2.10. The van der Waals surface area contributed by atoms with Gasteiger partial charge in [-0.25, -0.2) is 9.59 Å². The Morgan fingerprint density at radius 1 is 0.750 bits per heavy atom. The van der Waals surface area contributed by atoms with Crippen LogP contribution in [0.2, 0.25) is 0 Å². The number of carbonyl (C=O) groups is 2. The maximum atomic E-state index is 12.1. The summed E-state index contributed by atoms with van der Waals surface area (Å²) in [7, 11) is 3.07. The van der Waals surface area contributed by atoms with Crippen molar-refractivity contribution in [2.45, 2.75) is 0 Å². The van der Waals surface area contributed by atoms with Crippen LogP contribution in [-0.2, 0) is 18.9 Å². The van der Waals surface area contributed by atoms with Gasteiger partial charge in [0.15, 0.2) is 0 Å². The number of hydrogen-bond donors (Lipinski definition) is 0. The fourth-order valence-corrected chi connectivity index (χ4v) is 2.62. The zero-order valence-electron chi connectivity index (χ0n) is 15.6. The summed E-state index contributed by atoms with van der Waals surface area (Å²) in [6.07, 6.45) is 2.90. The van der Waals surface area contributed by atoms with Crippen LogP contribution in [0.5, 0.6) is 0 Å². The zero-order chi connectivity index (χ0) is 19.9. The maximum Gasteiger partial charge on any atom is 0.339 e. The third-order valence-electron chi connectivity index (χ3n) is 4.01. The Morgan fingerprint density at radius 3 is 1.57 bits per heavy atom. The van der Waals surface area contributed by atoms with E-state index in [9.17, 15) is 9.59 Å². The summed E-state index contributed by atoms with van der Waals surface area (Å²) in [5.41, 5.74) is 1.96. The van der Waals surface area contributed by atoms with E-state index < -0.39 is 11.9 Å². The van der Waals surface area contributed by atoms with Gasteiger partial charge in [0.1, 0.15) is 13.2 Å². The molecule has 28 heavy (non-hydrogen) atoms. The van der Waals surface area contributed by atoms with Gasteiger partial charge in [-0.2, -0.15) is 0 Å². The molecular formula is C20H20N2O6. The van der Waals surface area contributed by atoms with Gasteiger partial charge in [-0.15, -0.1) is 0 Å². The van der Waals surface area contributed by atoms with Gasteiger partial charge in [-0.05, 0) is 12.1 Å². The number of aromatic nitrogens is 2. The molecule has 0 aliphatic heterocycles. The molecule has 0 unspecified atom stereocenters. The van der Waals surface area contributed by atoms with E-state index in [1.807, 2.05) is 12.1 Å². The van der Waals surface area contributed by atoms with Crippen molar-refractivity contribution < 1.29 is 28.5 Å². The second-order valence-electron chi connectivity index (χ2n) is 5.91. The minimum absolute atomic E-state index is 0.176. The van der Waals surface area contributed by atoms with Crippen molar-refractivity contribution in [1.82, 2.24) is 9.97 Å². The van der Waals surface area contributed by atoms with Crippen LogP contribution in [0.1, 0.15) is 20.7 Å². The van der Waals surface area contributed by atoms with Crippen LogP contribution in [0.3, 0.4) is 0 Å². The first-order chi connectivity index (χ1) is 13.6. The summed E-state index contributed by atoms with van der Waals surface area (Å²) in [5, 5.41) is 1.49. The number of nitrogens with zero attached hydrogens (tertiary/aromatic N) is 2. The molecule has 3 rings (SSSR count). The molecule has 146 valence electrons. The van der Waals surface area contributed by atoms with Crippen LogP contribution >= 0.6 is 0 Å². The lowest BCUT2D eigenvalue weighted by atomic mass is 10.1. The molecule has 0 radical (unpaired) electrons. The topological polar surface area (TPSA) is 96.8 Å². The van der Waals surface area contributed by atoms with E-state index in [2.05, 4.69) is 9.97 Å². The number of rotatable bonds is 8. The Morgan fingerprint density at radius 2 is 1.18 bits per heavy atom. The lowest BCUT2D eigenvalue weighted by molar-refractivity contribution is 0.0381. The predicted octanol–water partition coefficient (Wildman–Crippen LogP) is 2.39. The number of ether oxygens (including phenoxy) is 4. The van der Waals surface area contributed by atoms with Crippen LogP contribution in [0, 0.1) is 0 Å². The van der Waals surface area contributed by atoms with Gasteiger partial charge in [0.2, 0.25) is 0 Å². The third-order valence-corrected chi connectivity index (χ3v) is 4.01. The van der Waals surface area contributed by atoms with E-state index >= 15 is 0 Å². The summed E-state index contributed by atoms with van der Waals surface area (Å²) in [5.74, 6) is -0.928. The Kier molecular flexibility index (Phi) is 6.46. The number of fused-ring (bicyclic) bond motifs is 3. The van der Waals surface area contributed by atoms with Gasteiger partial charge in [-0.1, -0.05) is 12.1 Å². The van der Waals surface area contributed by atoms with Crippen molar-refractivity contribution in [3.63, 3.8) is 0 Å². The van der Waals surface area contributed by atoms with Crippen molar-refractivity contribution in [3.8, 4) is 0 Å². The fourth-order valence-electron chi connectivity index (χ4n) is 2.62. The highest BCUT2D eigenvalue weighted by molar-refractivity contribution is 6.06. The fraction of sp³-hybridized carbons (Fsp3) is 0.300. The molecule has 3 aromatic rings. The van der Waals surface area contributed by atoms with E-state index in [4.69, 9.17) is 18.9 Å². The molecule has 0 spiro atoms. The van der Waals surface area contributed by atoms with Gasteiger partial charge in [0.05, 0.1) is 35.4 Å². The van der Waals surface area contributed by atoms with Crippen molar-refractivity contribution >= 4 is 33.7 Å². The van der Waals surface area contributed by atoms with E-state index in [1.165, 1.54) is 26.6 Å². The smallest absolute Gasteiger partial charge is 0.339 e. The number of carbonyl (C=O) groups excluding carboxylic acids is 2. The Bertz CT molecular complexity index is 924. The van der Waals surface area contributed by atoms with Gasteiger partial charge < -0.3 is 18.9 Å². The van der Waals surface area contributed by atoms with Gasteiger partial charge >= 0.3 is 11.9 Å². The monoisotopic (exact) mass is 384 g/mol. The summed E-state index contributed by atoms with van der Waals surface area (Å²) in [6.45, 7) is 1.01. The second-order valence-corrected chi connectivity index (χ2v) is 5.91. The molecule has 0 amide bonds. The highest BCUT2D eigenvalue weighted by Crippen LogP contribution is 2.24. The van der Waals surface area contributed by atoms with Crippen molar-refractivity contribution in [1.29, 1.82) is 0 Å². The Hall–Kier alpha value is -3.10. The van der Waals surface area contributed by atoms with Crippen LogP contribution in [0.15, 0.2) is 36.7 Å². The minimum atomic E-state index is -0.464. The number of esters is 2. The molecule has 1 aromatic carbocycles. The molecular weight excluding hydrogens is 364 g/mol. The molecule has 0 bridgehead atoms. The largest absolute Gasteiger partial charge is 0.460 e. The molecule has 0 aliphatic rings. The Labute approximate surface area is 161 Å². The van der Waals surface area contributed by atoms with Crippen LogP contribution in [-0.4, -0.2) is 62.6 Å². The normalized spacial score (nSPS) is 10.9. The first-order valence-electron chi connectivity index (χ1n) is 8.64. The number of pyridine rings is 2. The predicted molar refractivity (Wildman–Crippen MR) is 101 cm³/mol. The number of methoxy groups -OCH3 is 2. The summed E-state index contributed by atoms with van der Waals surface area (Å²) in [6, 6.07) is 7.04. The maximum absolute atomic E-state index is 12.1. The second kappa shape index (κ2) is 9.20. The van der Waals surface area contributed by atoms with Crippen LogP contribution in [0.4, 0.5) is 0 Å². The first kappa shape index (κ1) is 19.7. The average Bonchev–Trinajstić information content (AvgIpc) is 2.73. The molecule has 0 saturated heterocycles. The summed E-state index contributed by atoms with van der Waals surface area (Å²) in [4.78, 5) is 32.9. The summed E-state index contributed by atoms with van der Waals surface area (Å²) >= 11 is 0. The van der Waals surface area contributed by atoms with E-state index in [0.717, 1.165) is 10.8 Å². The lowest BCUT2D eigenvalue weighted by Gasteiger charge is -2.08. The van der Waals surface area contributed by atoms with E-state index in [0.29, 0.717) is 35.4 Å². The molecule has 8 nitrogen and oxygen atoms in total. The van der Waals surface area contributed by atoms with Crippen LogP contribution in [0.25, 0.3) is 21.8 Å². The highest BCUT2D eigenvalue weighted by Gasteiger charge is 2.13. The van der Waals surface area contributed by atoms with Gasteiger partial charge in [0.25, 0.3) is 0 Å². The molecule has 0 fully saturated rings. The molecule has 0 saturated carbocycles. The number of benzene rings is 1. The minimum Gasteiger partial charge on any atom is -0.460 e. The molecule has 8 heteroatoms. The zero-order valence-corrected chi connectivity index (χ0v) is 15.6. The molecule has 0 aliphatic carbocycles. The Balaban J connectivity index is 1.85. The first-order valence-corrected chi connectivity index (χ1v) is 8.64. The van der Waals surface area contributed by atoms with Gasteiger partial charge in [-0.3, -0.25) is 9.97 Å². The third kappa shape index (κ3) is 4.41. The van der Waals surface area contributed by atoms with Crippen molar-refractivity contribution in [2.75, 3.05) is 40.6 Å². The molecule has 2 aromatic heterocycles. The van der Waals surface area contributed by atoms with Crippen molar-refractivity contribution in [2.24, 2.45) is 0 Å². The molecule has 2 heterocycles. The standard InChI is InChI=1S/C20H20N2O6/c1-25-5-7-27-19(23)15-9-13-3-4-14-10-16(20(24)28-8-6-26-2)12-22-18(14)17(13)21-11-15/h3-4,9-12H,5-8H2,1-2H3. The van der Waals surface area contributed by atoms with E-state index in [1.54, 1.807) is 12.1 Å². The average molecular weight is 384 g/mol. The number of hydrogen-bond acceptors (Lipinski definition) is 8.